The molecule has 0 saturated carbocycles. The molecule has 0 fully saturated rings. The molecule has 100 valence electrons. The van der Waals surface area contributed by atoms with Gasteiger partial charge in [-0.1, -0.05) is 0 Å². The Morgan fingerprint density at radius 1 is 1.53 bits per heavy atom. The van der Waals surface area contributed by atoms with Crippen LogP contribution < -0.4 is 5.32 Å². The van der Waals surface area contributed by atoms with Crippen LogP contribution in [0, 0.1) is 12.7 Å². The summed E-state index contributed by atoms with van der Waals surface area (Å²) in [6, 6.07) is 4.14. The zero-order chi connectivity index (χ0) is 13.8. The van der Waals surface area contributed by atoms with Crippen molar-refractivity contribution in [3.05, 3.63) is 46.4 Å². The maximum absolute atomic E-state index is 12.9. The van der Waals surface area contributed by atoms with Crippen molar-refractivity contribution in [3.8, 4) is 0 Å². The van der Waals surface area contributed by atoms with Gasteiger partial charge in [-0.15, -0.1) is 0 Å². The van der Waals surface area contributed by atoms with Crippen LogP contribution in [0.15, 0.2) is 35.1 Å². The van der Waals surface area contributed by atoms with Gasteiger partial charge in [0.15, 0.2) is 0 Å². The predicted octanol–water partition coefficient (Wildman–Crippen LogP) is 3.12. The molecular weight excluding hydrogens is 313 g/mol. The average Bonchev–Trinajstić information content (AvgIpc) is 2.76. The normalized spacial score (nSPS) is 10.5. The first-order valence-electron chi connectivity index (χ1n) is 5.78. The smallest absolute Gasteiger partial charge is 0.226 e. The van der Waals surface area contributed by atoms with Gasteiger partial charge in [-0.05, 0) is 46.6 Å². The number of nitrogens with one attached hydrogen (secondary N) is 1. The second-order valence-corrected chi connectivity index (χ2v) is 5.06. The highest BCUT2D eigenvalue weighted by Gasteiger charge is 2.07. The zero-order valence-corrected chi connectivity index (χ0v) is 11.9. The molecule has 2 rings (SSSR count). The number of anilines is 1. The molecule has 1 aromatic carbocycles. The van der Waals surface area contributed by atoms with Gasteiger partial charge in [-0.25, -0.2) is 4.39 Å². The van der Waals surface area contributed by atoms with Crippen molar-refractivity contribution in [2.24, 2.45) is 0 Å². The summed E-state index contributed by atoms with van der Waals surface area (Å²) in [6.07, 6.45) is 3.93. The fraction of sp³-hybridized carbons (Fsp3) is 0.231. The minimum absolute atomic E-state index is 0.138. The van der Waals surface area contributed by atoms with Gasteiger partial charge < -0.3 is 5.32 Å². The molecule has 2 aromatic rings. The largest absolute Gasteiger partial charge is 0.325 e. The summed E-state index contributed by atoms with van der Waals surface area (Å²) in [5, 5.41) is 6.82. The second kappa shape index (κ2) is 5.97. The standard InChI is InChI=1S/C13H13BrFN3O/c1-9-7-16-18(8-9)5-4-13(19)17-12-3-2-10(15)6-11(12)14/h2-3,6-8H,4-5H2,1H3,(H,17,19). The molecule has 1 aromatic heterocycles. The molecular formula is C13H13BrFN3O. The van der Waals surface area contributed by atoms with E-state index in [0.717, 1.165) is 5.56 Å². The SMILES string of the molecule is Cc1cnn(CCC(=O)Nc2ccc(F)cc2Br)c1. The third-order valence-electron chi connectivity index (χ3n) is 2.54. The Hall–Kier alpha value is -1.69. The van der Waals surface area contributed by atoms with Crippen LogP contribution >= 0.6 is 15.9 Å². The minimum atomic E-state index is -0.350. The summed E-state index contributed by atoms with van der Waals surface area (Å²) in [5.74, 6) is -0.489. The third kappa shape index (κ3) is 3.89. The first-order chi connectivity index (χ1) is 9.04. The van der Waals surface area contributed by atoms with Crippen molar-refractivity contribution in [1.29, 1.82) is 0 Å². The Balaban J connectivity index is 1.90. The van der Waals surface area contributed by atoms with Crippen LogP contribution in [0.1, 0.15) is 12.0 Å². The summed E-state index contributed by atoms with van der Waals surface area (Å²) < 4.78 is 15.1. The number of benzene rings is 1. The van der Waals surface area contributed by atoms with Gasteiger partial charge in [0.25, 0.3) is 0 Å². The maximum atomic E-state index is 12.9. The molecule has 1 N–H and O–H groups in total. The van der Waals surface area contributed by atoms with Gasteiger partial charge in [0.05, 0.1) is 11.9 Å². The number of carbonyl (C=O) groups excluding carboxylic acids is 1. The lowest BCUT2D eigenvalue weighted by Crippen LogP contribution is -2.15. The number of hydrogen-bond acceptors (Lipinski definition) is 2. The lowest BCUT2D eigenvalue weighted by molar-refractivity contribution is -0.116. The Labute approximate surface area is 118 Å². The highest BCUT2D eigenvalue weighted by atomic mass is 79.9. The van der Waals surface area contributed by atoms with Crippen LogP contribution in [-0.2, 0) is 11.3 Å². The predicted molar refractivity (Wildman–Crippen MR) is 74.3 cm³/mol. The van der Waals surface area contributed by atoms with E-state index in [9.17, 15) is 9.18 Å². The van der Waals surface area contributed by atoms with Gasteiger partial charge in [-0.3, -0.25) is 9.48 Å². The quantitative estimate of drug-likeness (QED) is 0.938. The number of nitrogens with zero attached hydrogens (tertiary/aromatic N) is 2. The van der Waals surface area contributed by atoms with E-state index in [0.29, 0.717) is 23.1 Å². The van der Waals surface area contributed by atoms with Gasteiger partial charge in [0.1, 0.15) is 5.82 Å². The van der Waals surface area contributed by atoms with E-state index in [1.165, 1.54) is 18.2 Å². The van der Waals surface area contributed by atoms with Crippen LogP contribution in [0.3, 0.4) is 0 Å². The Morgan fingerprint density at radius 3 is 2.95 bits per heavy atom. The number of carbonyl (C=O) groups is 1. The topological polar surface area (TPSA) is 46.9 Å². The fourth-order valence-electron chi connectivity index (χ4n) is 1.61. The molecule has 1 heterocycles. The number of aryl methyl sites for hydroxylation is 2. The zero-order valence-electron chi connectivity index (χ0n) is 10.4. The minimum Gasteiger partial charge on any atom is -0.325 e. The van der Waals surface area contributed by atoms with Crippen molar-refractivity contribution < 1.29 is 9.18 Å². The van der Waals surface area contributed by atoms with E-state index in [1.807, 2.05) is 13.1 Å². The molecule has 0 aliphatic carbocycles. The van der Waals surface area contributed by atoms with E-state index in [-0.39, 0.29) is 11.7 Å². The maximum Gasteiger partial charge on any atom is 0.226 e. The summed E-state index contributed by atoms with van der Waals surface area (Å²) in [5.41, 5.74) is 1.62. The third-order valence-corrected chi connectivity index (χ3v) is 3.19. The first-order valence-corrected chi connectivity index (χ1v) is 6.58. The van der Waals surface area contributed by atoms with Crippen LogP contribution in [0.4, 0.5) is 10.1 Å². The van der Waals surface area contributed by atoms with E-state index in [1.54, 1.807) is 10.9 Å². The number of halogens is 2. The molecule has 1 amide bonds. The first kappa shape index (κ1) is 13.7. The van der Waals surface area contributed by atoms with Crippen LogP contribution in [0.25, 0.3) is 0 Å². The van der Waals surface area contributed by atoms with Gasteiger partial charge in [0, 0.05) is 23.6 Å². The molecule has 4 nitrogen and oxygen atoms in total. The van der Waals surface area contributed by atoms with Crippen molar-refractivity contribution in [3.63, 3.8) is 0 Å². The van der Waals surface area contributed by atoms with Crippen molar-refractivity contribution >= 4 is 27.5 Å². The number of amides is 1. The number of hydrogen-bond donors (Lipinski definition) is 1. The molecule has 0 bridgehead atoms. The molecule has 0 radical (unpaired) electrons. The summed E-state index contributed by atoms with van der Waals surface area (Å²) in [4.78, 5) is 11.8. The summed E-state index contributed by atoms with van der Waals surface area (Å²) in [6.45, 7) is 2.46. The van der Waals surface area contributed by atoms with E-state index >= 15 is 0 Å². The lowest BCUT2D eigenvalue weighted by Gasteiger charge is -2.07. The Bertz CT molecular complexity index is 597. The summed E-state index contributed by atoms with van der Waals surface area (Å²) in [7, 11) is 0. The van der Waals surface area contributed by atoms with E-state index < -0.39 is 0 Å². The summed E-state index contributed by atoms with van der Waals surface area (Å²) >= 11 is 3.20. The van der Waals surface area contributed by atoms with Crippen molar-refractivity contribution in [2.45, 2.75) is 19.9 Å². The molecule has 0 spiro atoms. The lowest BCUT2D eigenvalue weighted by atomic mass is 10.3. The van der Waals surface area contributed by atoms with Crippen LogP contribution in [0.2, 0.25) is 0 Å². The molecule has 0 atom stereocenters. The second-order valence-electron chi connectivity index (χ2n) is 4.20. The van der Waals surface area contributed by atoms with Gasteiger partial charge >= 0.3 is 0 Å². The van der Waals surface area contributed by atoms with Crippen molar-refractivity contribution in [2.75, 3.05) is 5.32 Å². The highest BCUT2D eigenvalue weighted by Crippen LogP contribution is 2.23. The Kier molecular flexibility index (Phi) is 4.31. The number of rotatable bonds is 4. The van der Waals surface area contributed by atoms with Crippen molar-refractivity contribution in [1.82, 2.24) is 9.78 Å². The Morgan fingerprint density at radius 2 is 2.32 bits per heavy atom. The van der Waals surface area contributed by atoms with Crippen LogP contribution in [0.5, 0.6) is 0 Å². The van der Waals surface area contributed by atoms with Gasteiger partial charge in [0.2, 0.25) is 5.91 Å². The molecule has 0 unspecified atom stereocenters. The molecule has 0 aliphatic heterocycles. The molecule has 19 heavy (non-hydrogen) atoms. The molecule has 0 aliphatic rings. The average molecular weight is 326 g/mol. The van der Waals surface area contributed by atoms with Crippen LogP contribution in [-0.4, -0.2) is 15.7 Å². The monoisotopic (exact) mass is 325 g/mol. The van der Waals surface area contributed by atoms with Gasteiger partial charge in [-0.2, -0.15) is 5.10 Å². The molecule has 6 heteroatoms. The molecule has 0 saturated heterocycles. The highest BCUT2D eigenvalue weighted by molar-refractivity contribution is 9.10. The van der Waals surface area contributed by atoms with E-state index in [4.69, 9.17) is 0 Å². The van der Waals surface area contributed by atoms with E-state index in [2.05, 4.69) is 26.3 Å². The fourth-order valence-corrected chi connectivity index (χ4v) is 2.06. The number of aromatic nitrogens is 2.